The van der Waals surface area contributed by atoms with Crippen LogP contribution in [-0.2, 0) is 5.41 Å². The first-order valence-electron chi connectivity index (χ1n) is 5.18. The molecule has 0 unspecified atom stereocenters. The maximum absolute atomic E-state index is 13.6. The Morgan fingerprint density at radius 2 is 2.00 bits per heavy atom. The van der Waals surface area contributed by atoms with Crippen LogP contribution >= 0.6 is 24.0 Å². The minimum atomic E-state index is -0.333. The van der Waals surface area contributed by atoms with E-state index in [1.165, 1.54) is 6.07 Å². The Bertz CT molecular complexity index is 391. The third-order valence-corrected chi connectivity index (χ3v) is 2.56. The molecule has 0 bridgehead atoms. The molecule has 0 saturated carbocycles. The number of hydrogen-bond donors (Lipinski definition) is 2. The Balaban J connectivity index is 0.00000256. The second kappa shape index (κ2) is 6.78. The number of nitrogens with two attached hydrogens (primary N) is 1. The van der Waals surface area contributed by atoms with Gasteiger partial charge in [0.05, 0.1) is 0 Å². The molecule has 17 heavy (non-hydrogen) atoms. The van der Waals surface area contributed by atoms with E-state index in [9.17, 15) is 4.39 Å². The highest BCUT2D eigenvalue weighted by Gasteiger charge is 2.23. The molecule has 0 aromatic heterocycles. The number of rotatable bonds is 3. The molecule has 1 aromatic rings. The number of guanidine groups is 1. The maximum atomic E-state index is 13.6. The summed E-state index contributed by atoms with van der Waals surface area (Å²) < 4.78 is 13.6. The summed E-state index contributed by atoms with van der Waals surface area (Å²) in [6, 6.07) is 6.77. The number of benzene rings is 1. The van der Waals surface area contributed by atoms with E-state index < -0.39 is 0 Å². The Hall–Kier alpha value is -0.850. The zero-order chi connectivity index (χ0) is 12.2. The molecule has 0 fully saturated rings. The van der Waals surface area contributed by atoms with E-state index in [4.69, 9.17) is 5.73 Å². The molecule has 3 N–H and O–H groups in total. The van der Waals surface area contributed by atoms with E-state index in [-0.39, 0.29) is 35.2 Å². The van der Waals surface area contributed by atoms with Crippen molar-refractivity contribution in [3.8, 4) is 0 Å². The summed E-state index contributed by atoms with van der Waals surface area (Å²) in [6.45, 7) is 4.46. The van der Waals surface area contributed by atoms with E-state index in [2.05, 4.69) is 10.3 Å². The summed E-state index contributed by atoms with van der Waals surface area (Å²) in [7, 11) is 1.61. The highest BCUT2D eigenvalue weighted by molar-refractivity contribution is 14.0. The molecule has 0 atom stereocenters. The molecule has 5 heteroatoms. The van der Waals surface area contributed by atoms with Crippen molar-refractivity contribution < 1.29 is 4.39 Å². The Kier molecular flexibility index (Phi) is 6.44. The van der Waals surface area contributed by atoms with Gasteiger partial charge >= 0.3 is 0 Å². The fraction of sp³-hybridized carbons (Fsp3) is 0.417. The van der Waals surface area contributed by atoms with Gasteiger partial charge in [-0.25, -0.2) is 4.39 Å². The largest absolute Gasteiger partial charge is 0.370 e. The summed E-state index contributed by atoms with van der Waals surface area (Å²) in [4.78, 5) is 3.80. The molecular weight excluding hydrogens is 332 g/mol. The minimum absolute atomic E-state index is 0. The monoisotopic (exact) mass is 351 g/mol. The predicted octanol–water partition coefficient (Wildman–Crippen LogP) is 2.26. The van der Waals surface area contributed by atoms with E-state index >= 15 is 0 Å². The van der Waals surface area contributed by atoms with Gasteiger partial charge in [0, 0.05) is 19.0 Å². The third kappa shape index (κ3) is 4.49. The summed E-state index contributed by atoms with van der Waals surface area (Å²) in [5, 5.41) is 2.96. The van der Waals surface area contributed by atoms with Crippen LogP contribution in [0.25, 0.3) is 0 Å². The summed E-state index contributed by atoms with van der Waals surface area (Å²) in [5.74, 6) is 0.172. The predicted molar refractivity (Wildman–Crippen MR) is 80.4 cm³/mol. The molecule has 1 rings (SSSR count). The molecule has 0 aliphatic rings. The van der Waals surface area contributed by atoms with Gasteiger partial charge in [0.1, 0.15) is 5.82 Å². The SMILES string of the molecule is CN=C(N)NCC(C)(C)c1ccccc1F.I. The standard InChI is InChI=1S/C12H18FN3.HI/c1-12(2,8-16-11(14)15-3)9-6-4-5-7-10(9)13;/h4-7H,8H2,1-3H3,(H3,14,15,16);1H. The quantitative estimate of drug-likeness (QED) is 0.499. The molecule has 0 aliphatic heterocycles. The molecule has 0 radical (unpaired) electrons. The third-order valence-electron chi connectivity index (χ3n) is 2.56. The topological polar surface area (TPSA) is 50.4 Å². The Morgan fingerprint density at radius 3 is 2.53 bits per heavy atom. The highest BCUT2D eigenvalue weighted by atomic mass is 127. The van der Waals surface area contributed by atoms with Crippen molar-refractivity contribution in [3.63, 3.8) is 0 Å². The van der Waals surface area contributed by atoms with Gasteiger partial charge in [0.15, 0.2) is 5.96 Å². The minimum Gasteiger partial charge on any atom is -0.370 e. The van der Waals surface area contributed by atoms with E-state index in [0.717, 1.165) is 0 Å². The van der Waals surface area contributed by atoms with Gasteiger partial charge in [-0.2, -0.15) is 0 Å². The lowest BCUT2D eigenvalue weighted by Gasteiger charge is -2.26. The first-order chi connectivity index (χ1) is 7.47. The Labute approximate surface area is 119 Å². The van der Waals surface area contributed by atoms with Crippen molar-refractivity contribution in [3.05, 3.63) is 35.6 Å². The van der Waals surface area contributed by atoms with E-state index in [1.54, 1.807) is 19.2 Å². The van der Waals surface area contributed by atoms with Crippen LogP contribution < -0.4 is 11.1 Å². The van der Waals surface area contributed by atoms with E-state index in [0.29, 0.717) is 18.1 Å². The van der Waals surface area contributed by atoms with Crippen molar-refractivity contribution in [2.75, 3.05) is 13.6 Å². The van der Waals surface area contributed by atoms with Crippen LogP contribution in [0, 0.1) is 5.82 Å². The van der Waals surface area contributed by atoms with Gasteiger partial charge in [-0.05, 0) is 11.6 Å². The van der Waals surface area contributed by atoms with Gasteiger partial charge in [-0.15, -0.1) is 24.0 Å². The lowest BCUT2D eigenvalue weighted by Crippen LogP contribution is -2.40. The smallest absolute Gasteiger partial charge is 0.188 e. The van der Waals surface area contributed by atoms with Gasteiger partial charge < -0.3 is 11.1 Å². The lowest BCUT2D eigenvalue weighted by atomic mass is 9.84. The maximum Gasteiger partial charge on any atom is 0.188 e. The summed E-state index contributed by atoms with van der Waals surface area (Å²) >= 11 is 0. The Morgan fingerprint density at radius 1 is 1.41 bits per heavy atom. The van der Waals surface area contributed by atoms with Gasteiger partial charge in [0.25, 0.3) is 0 Å². The van der Waals surface area contributed by atoms with Crippen LogP contribution in [0.15, 0.2) is 29.3 Å². The van der Waals surface area contributed by atoms with Crippen molar-refractivity contribution in [1.82, 2.24) is 5.32 Å². The van der Waals surface area contributed by atoms with Gasteiger partial charge in [-0.1, -0.05) is 32.0 Å². The molecular formula is C12H19FIN3. The van der Waals surface area contributed by atoms with Gasteiger partial charge in [0.2, 0.25) is 0 Å². The lowest BCUT2D eigenvalue weighted by molar-refractivity contribution is 0.475. The van der Waals surface area contributed by atoms with Crippen molar-refractivity contribution in [1.29, 1.82) is 0 Å². The normalized spacial score (nSPS) is 11.9. The molecule has 0 heterocycles. The van der Waals surface area contributed by atoms with Crippen LogP contribution in [0.4, 0.5) is 4.39 Å². The zero-order valence-electron chi connectivity index (χ0n) is 10.3. The molecule has 0 saturated heterocycles. The molecule has 0 spiro atoms. The zero-order valence-corrected chi connectivity index (χ0v) is 12.7. The summed E-state index contributed by atoms with van der Waals surface area (Å²) in [5.41, 5.74) is 5.88. The fourth-order valence-electron chi connectivity index (χ4n) is 1.50. The second-order valence-corrected chi connectivity index (χ2v) is 4.33. The van der Waals surface area contributed by atoms with E-state index in [1.807, 2.05) is 19.9 Å². The highest BCUT2D eigenvalue weighted by Crippen LogP contribution is 2.24. The van der Waals surface area contributed by atoms with Crippen molar-refractivity contribution in [2.24, 2.45) is 10.7 Å². The summed E-state index contributed by atoms with van der Waals surface area (Å²) in [6.07, 6.45) is 0. The molecule has 3 nitrogen and oxygen atoms in total. The fourth-order valence-corrected chi connectivity index (χ4v) is 1.50. The first-order valence-corrected chi connectivity index (χ1v) is 5.18. The van der Waals surface area contributed by atoms with Crippen LogP contribution in [0.3, 0.4) is 0 Å². The molecule has 1 aromatic carbocycles. The number of halogens is 2. The van der Waals surface area contributed by atoms with Gasteiger partial charge in [-0.3, -0.25) is 4.99 Å². The number of aliphatic imine (C=N–C) groups is 1. The molecule has 0 amide bonds. The average molecular weight is 351 g/mol. The number of nitrogens with one attached hydrogen (secondary N) is 1. The second-order valence-electron chi connectivity index (χ2n) is 4.33. The number of nitrogens with zero attached hydrogens (tertiary/aromatic N) is 1. The number of hydrogen-bond acceptors (Lipinski definition) is 1. The van der Waals surface area contributed by atoms with Crippen LogP contribution in [0.5, 0.6) is 0 Å². The van der Waals surface area contributed by atoms with Crippen molar-refractivity contribution >= 4 is 29.9 Å². The first kappa shape index (κ1) is 16.1. The van der Waals surface area contributed by atoms with Crippen LogP contribution in [0.2, 0.25) is 0 Å². The molecule has 96 valence electrons. The van der Waals surface area contributed by atoms with Crippen molar-refractivity contribution in [2.45, 2.75) is 19.3 Å². The average Bonchev–Trinajstić information content (AvgIpc) is 2.26. The molecule has 0 aliphatic carbocycles. The van der Waals surface area contributed by atoms with Crippen LogP contribution in [0.1, 0.15) is 19.4 Å². The van der Waals surface area contributed by atoms with Crippen LogP contribution in [-0.4, -0.2) is 19.6 Å².